The molecule has 1 aliphatic rings. The number of furan rings is 1. The van der Waals surface area contributed by atoms with Crippen LogP contribution in [0.4, 0.5) is 11.6 Å². The van der Waals surface area contributed by atoms with Gasteiger partial charge in [-0.05, 0) is 36.4 Å². The topological polar surface area (TPSA) is 123 Å². The highest BCUT2D eigenvalue weighted by Crippen LogP contribution is 2.29. The Morgan fingerprint density at radius 2 is 1.71 bits per heavy atom. The van der Waals surface area contributed by atoms with Gasteiger partial charge in [-0.15, -0.1) is 10.2 Å². The van der Waals surface area contributed by atoms with Gasteiger partial charge in [-0.1, -0.05) is 12.1 Å². The van der Waals surface area contributed by atoms with E-state index in [4.69, 9.17) is 9.40 Å². The number of hydrogen-bond acceptors (Lipinski definition) is 8. The maximum absolute atomic E-state index is 13.0. The third-order valence-corrected chi connectivity index (χ3v) is 6.14. The number of carbonyl (C=O) groups is 1. The van der Waals surface area contributed by atoms with Gasteiger partial charge >= 0.3 is 0 Å². The second-order valence-electron chi connectivity index (χ2n) is 8.17. The van der Waals surface area contributed by atoms with E-state index in [1.165, 1.54) is 24.3 Å². The van der Waals surface area contributed by atoms with Gasteiger partial charge in [0.2, 0.25) is 11.8 Å². The fraction of sp³-hybridized carbons (Fsp3) is 0.167. The van der Waals surface area contributed by atoms with Gasteiger partial charge in [0.15, 0.2) is 11.4 Å². The Morgan fingerprint density at radius 3 is 2.43 bits per heavy atom. The predicted octanol–water partition coefficient (Wildman–Crippen LogP) is 3.41. The van der Waals surface area contributed by atoms with Crippen LogP contribution >= 0.6 is 0 Å². The first-order valence-corrected chi connectivity index (χ1v) is 11.1. The molecule has 11 heteroatoms. The Hall–Kier alpha value is -4.80. The average Bonchev–Trinajstić information content (AvgIpc) is 3.58. The summed E-state index contributed by atoms with van der Waals surface area (Å²) in [5, 5.41) is 20.6. The minimum absolute atomic E-state index is 0.0425. The van der Waals surface area contributed by atoms with Gasteiger partial charge in [0.1, 0.15) is 0 Å². The summed E-state index contributed by atoms with van der Waals surface area (Å²) in [5.74, 6) is 1.67. The molecule has 0 bridgehead atoms. The fourth-order valence-electron chi connectivity index (χ4n) is 4.36. The van der Waals surface area contributed by atoms with Crippen LogP contribution in [-0.4, -0.2) is 61.5 Å². The van der Waals surface area contributed by atoms with Crippen molar-refractivity contribution in [2.24, 2.45) is 0 Å². The van der Waals surface area contributed by atoms with Crippen molar-refractivity contribution in [2.75, 3.05) is 31.1 Å². The van der Waals surface area contributed by atoms with Crippen LogP contribution in [0, 0.1) is 10.1 Å². The summed E-state index contributed by atoms with van der Waals surface area (Å²) in [6, 6.07) is 17.1. The second kappa shape index (κ2) is 8.20. The van der Waals surface area contributed by atoms with Crippen LogP contribution in [0.2, 0.25) is 0 Å². The van der Waals surface area contributed by atoms with Crippen molar-refractivity contribution in [3.05, 3.63) is 82.6 Å². The molecule has 0 radical (unpaired) electrons. The fourth-order valence-corrected chi connectivity index (χ4v) is 4.36. The number of nitro benzene ring substituents is 1. The van der Waals surface area contributed by atoms with Gasteiger partial charge < -0.3 is 14.2 Å². The Balaban J connectivity index is 1.31. The maximum Gasteiger partial charge on any atom is 0.269 e. The Kier molecular flexibility index (Phi) is 4.87. The number of para-hydroxylation sites is 1. The standard InChI is InChI=1S/C24H19N7O4/c32-23(16-7-9-17(10-8-16)31(33)34)28-11-13-29(14-12-28)24-25-19-5-2-1-4-18(19)21-26-27-22(30(21)24)20-6-3-15-35-20/h1-10,15H,11-14H2. The zero-order valence-electron chi connectivity index (χ0n) is 18.4. The number of amides is 1. The normalized spacial score (nSPS) is 14.1. The van der Waals surface area contributed by atoms with Crippen LogP contribution in [0.3, 0.4) is 0 Å². The van der Waals surface area contributed by atoms with E-state index in [9.17, 15) is 14.9 Å². The summed E-state index contributed by atoms with van der Waals surface area (Å²) in [5.41, 5.74) is 1.87. The summed E-state index contributed by atoms with van der Waals surface area (Å²) in [4.78, 5) is 32.2. The summed E-state index contributed by atoms with van der Waals surface area (Å²) >= 11 is 0. The van der Waals surface area contributed by atoms with Crippen molar-refractivity contribution < 1.29 is 14.1 Å². The molecule has 5 aromatic rings. The van der Waals surface area contributed by atoms with Crippen molar-refractivity contribution in [3.8, 4) is 11.6 Å². The van der Waals surface area contributed by atoms with Crippen LogP contribution < -0.4 is 4.90 Å². The third-order valence-electron chi connectivity index (χ3n) is 6.14. The molecule has 6 rings (SSSR count). The molecule has 1 saturated heterocycles. The number of nitro groups is 1. The molecule has 0 spiro atoms. The van der Waals surface area contributed by atoms with Crippen LogP contribution in [-0.2, 0) is 0 Å². The number of piperazine rings is 1. The lowest BCUT2D eigenvalue weighted by Gasteiger charge is -2.35. The summed E-state index contributed by atoms with van der Waals surface area (Å²) in [7, 11) is 0. The molecule has 3 aromatic heterocycles. The first-order chi connectivity index (χ1) is 17.1. The van der Waals surface area contributed by atoms with Gasteiger partial charge in [0.25, 0.3) is 11.6 Å². The highest BCUT2D eigenvalue weighted by Gasteiger charge is 2.27. The Labute approximate surface area is 198 Å². The van der Waals surface area contributed by atoms with Crippen LogP contribution in [0.25, 0.3) is 28.1 Å². The number of nitrogens with zero attached hydrogens (tertiary/aromatic N) is 7. The zero-order valence-corrected chi connectivity index (χ0v) is 18.4. The summed E-state index contributed by atoms with van der Waals surface area (Å²) in [6.45, 7) is 2.05. The van der Waals surface area contributed by atoms with E-state index in [-0.39, 0.29) is 11.6 Å². The molecule has 1 aliphatic heterocycles. The van der Waals surface area contributed by atoms with Crippen molar-refractivity contribution in [1.82, 2.24) is 24.5 Å². The van der Waals surface area contributed by atoms with Gasteiger partial charge in [-0.3, -0.25) is 14.9 Å². The molecule has 174 valence electrons. The first kappa shape index (κ1) is 20.8. The predicted molar refractivity (Wildman–Crippen MR) is 127 cm³/mol. The Morgan fingerprint density at radius 1 is 0.943 bits per heavy atom. The highest BCUT2D eigenvalue weighted by molar-refractivity contribution is 5.95. The lowest BCUT2D eigenvalue weighted by atomic mass is 10.1. The van der Waals surface area contributed by atoms with E-state index < -0.39 is 4.92 Å². The molecule has 0 saturated carbocycles. The number of rotatable bonds is 4. The summed E-state index contributed by atoms with van der Waals surface area (Å²) in [6.07, 6.45) is 1.59. The molecule has 1 amide bonds. The second-order valence-corrected chi connectivity index (χ2v) is 8.17. The van der Waals surface area contributed by atoms with Gasteiger partial charge in [0, 0.05) is 49.3 Å². The van der Waals surface area contributed by atoms with Crippen molar-refractivity contribution in [2.45, 2.75) is 0 Å². The van der Waals surface area contributed by atoms with E-state index in [0.29, 0.717) is 54.9 Å². The number of non-ortho nitro benzene ring substituents is 1. The smallest absolute Gasteiger partial charge is 0.269 e. The molecule has 0 N–H and O–H groups in total. The first-order valence-electron chi connectivity index (χ1n) is 11.1. The molecular formula is C24H19N7O4. The van der Waals surface area contributed by atoms with Crippen LogP contribution in [0.5, 0.6) is 0 Å². The number of anilines is 1. The largest absolute Gasteiger partial charge is 0.461 e. The summed E-state index contributed by atoms with van der Waals surface area (Å²) < 4.78 is 7.49. The van der Waals surface area contributed by atoms with Crippen LogP contribution in [0.15, 0.2) is 71.3 Å². The monoisotopic (exact) mass is 469 g/mol. The van der Waals surface area contributed by atoms with E-state index in [0.717, 1.165) is 10.9 Å². The van der Waals surface area contributed by atoms with E-state index in [1.807, 2.05) is 34.7 Å². The lowest BCUT2D eigenvalue weighted by molar-refractivity contribution is -0.384. The molecule has 0 aliphatic carbocycles. The quantitative estimate of drug-likeness (QED) is 0.290. The highest BCUT2D eigenvalue weighted by atomic mass is 16.6. The lowest BCUT2D eigenvalue weighted by Crippen LogP contribution is -2.49. The zero-order chi connectivity index (χ0) is 23.9. The molecule has 4 heterocycles. The minimum atomic E-state index is -0.480. The third kappa shape index (κ3) is 3.53. The minimum Gasteiger partial charge on any atom is -0.461 e. The molecule has 0 unspecified atom stereocenters. The average molecular weight is 469 g/mol. The van der Waals surface area contributed by atoms with Gasteiger partial charge in [-0.25, -0.2) is 9.38 Å². The van der Waals surface area contributed by atoms with E-state index in [2.05, 4.69) is 15.1 Å². The molecular weight excluding hydrogens is 450 g/mol. The number of benzene rings is 2. The van der Waals surface area contributed by atoms with Gasteiger partial charge in [-0.2, -0.15) is 0 Å². The van der Waals surface area contributed by atoms with Crippen molar-refractivity contribution in [3.63, 3.8) is 0 Å². The molecule has 11 nitrogen and oxygen atoms in total. The molecule has 35 heavy (non-hydrogen) atoms. The van der Waals surface area contributed by atoms with Gasteiger partial charge in [0.05, 0.1) is 16.7 Å². The van der Waals surface area contributed by atoms with E-state index in [1.54, 1.807) is 17.2 Å². The molecule has 1 fully saturated rings. The SMILES string of the molecule is O=C(c1ccc([N+](=O)[O-])cc1)N1CCN(c2nc3ccccc3c3nnc(-c4ccco4)n23)CC1. The molecule has 0 atom stereocenters. The number of hydrogen-bond donors (Lipinski definition) is 0. The number of aromatic nitrogens is 4. The Bertz CT molecular complexity index is 1550. The number of carbonyl (C=O) groups excluding carboxylic acids is 1. The van der Waals surface area contributed by atoms with Crippen molar-refractivity contribution in [1.29, 1.82) is 0 Å². The number of fused-ring (bicyclic) bond motifs is 3. The van der Waals surface area contributed by atoms with Crippen LogP contribution in [0.1, 0.15) is 10.4 Å². The molecule has 2 aromatic carbocycles. The van der Waals surface area contributed by atoms with Crippen molar-refractivity contribution >= 4 is 34.1 Å². The maximum atomic E-state index is 13.0. The van der Waals surface area contributed by atoms with E-state index >= 15 is 0 Å².